The van der Waals surface area contributed by atoms with Crippen LogP contribution in [0.5, 0.6) is 0 Å². The molecule has 0 saturated heterocycles. The predicted octanol–water partition coefficient (Wildman–Crippen LogP) is -0.915. The van der Waals surface area contributed by atoms with Gasteiger partial charge in [-0.1, -0.05) is 0 Å². The molecule has 6 heteroatoms. The van der Waals surface area contributed by atoms with Crippen molar-refractivity contribution in [1.29, 1.82) is 0 Å². The molecule has 1 heterocycles. The number of aliphatic imine (C=N–C) groups is 1. The van der Waals surface area contributed by atoms with E-state index in [4.69, 9.17) is 5.73 Å². The fourth-order valence-electron chi connectivity index (χ4n) is 0.657. The molecule has 1 rings (SSSR count). The van der Waals surface area contributed by atoms with Crippen LogP contribution in [0.1, 0.15) is 0 Å². The number of carbonyl (C=O) groups is 1. The normalized spacial score (nSPS) is 23.1. The van der Waals surface area contributed by atoms with Gasteiger partial charge in [-0.25, -0.2) is 0 Å². The van der Waals surface area contributed by atoms with E-state index in [0.29, 0.717) is 0 Å². The summed E-state index contributed by atoms with van der Waals surface area (Å²) >= 11 is 0. The van der Waals surface area contributed by atoms with Gasteiger partial charge in [0, 0.05) is 4.92 Å². The van der Waals surface area contributed by atoms with Crippen LogP contribution in [0.2, 0.25) is 0 Å². The molecule has 2 N–H and O–H groups in total. The van der Waals surface area contributed by atoms with Crippen LogP contribution >= 0.6 is 0 Å². The van der Waals surface area contributed by atoms with Gasteiger partial charge in [-0.3, -0.25) is 19.9 Å². The zero-order chi connectivity index (χ0) is 8.43. The monoisotopic (exact) mass is 155 g/mol. The Balaban J connectivity index is 2.90. The van der Waals surface area contributed by atoms with Crippen molar-refractivity contribution in [3.05, 3.63) is 22.0 Å². The molecule has 0 amide bonds. The maximum atomic E-state index is 10.8. The molecule has 1 atom stereocenters. The number of nitro groups is 1. The highest BCUT2D eigenvalue weighted by Gasteiger charge is 2.31. The summed E-state index contributed by atoms with van der Waals surface area (Å²) in [5.74, 6) is -0.704. The molecule has 0 bridgehead atoms. The fraction of sp³-hybridized carbons (Fsp3) is 0.200. The lowest BCUT2D eigenvalue weighted by Crippen LogP contribution is -2.36. The molecule has 0 radical (unpaired) electrons. The number of ketones is 1. The quantitative estimate of drug-likeness (QED) is 0.391. The zero-order valence-corrected chi connectivity index (χ0v) is 5.43. The first-order valence-corrected chi connectivity index (χ1v) is 2.79. The predicted molar refractivity (Wildman–Crippen MR) is 36.6 cm³/mol. The summed E-state index contributed by atoms with van der Waals surface area (Å²) < 4.78 is 0. The van der Waals surface area contributed by atoms with Gasteiger partial charge in [-0.2, -0.15) is 0 Å². The lowest BCUT2D eigenvalue weighted by atomic mass is 10.1. The fourth-order valence-corrected chi connectivity index (χ4v) is 0.657. The van der Waals surface area contributed by atoms with Gasteiger partial charge in [0.15, 0.2) is 0 Å². The van der Waals surface area contributed by atoms with Gasteiger partial charge < -0.3 is 5.73 Å². The Morgan fingerprint density at radius 3 is 2.82 bits per heavy atom. The Morgan fingerprint density at radius 1 is 1.73 bits per heavy atom. The standard InChI is InChI=1S/C5H5N3O3/c6-3-1-7-2-4(5(3)9)8(10)11/h1-2,4H,6H2/t4-/m1/s1. The molecule has 11 heavy (non-hydrogen) atoms. The molecule has 0 spiro atoms. The number of rotatable bonds is 1. The maximum Gasteiger partial charge on any atom is 0.311 e. The van der Waals surface area contributed by atoms with Crippen LogP contribution in [0.4, 0.5) is 0 Å². The second-order valence-electron chi connectivity index (χ2n) is 1.98. The van der Waals surface area contributed by atoms with Crippen LogP contribution in [0.15, 0.2) is 16.9 Å². The lowest BCUT2D eigenvalue weighted by molar-refractivity contribution is -0.487. The number of nitrogens with zero attached hydrogens (tertiary/aromatic N) is 2. The molecule has 0 aromatic heterocycles. The Labute approximate surface area is 61.6 Å². The number of Topliss-reactive ketones (excluding diaryl/α,β-unsaturated/α-hetero) is 1. The summed E-state index contributed by atoms with van der Waals surface area (Å²) in [6, 6.07) is -1.40. The summed E-state index contributed by atoms with van der Waals surface area (Å²) in [5, 5.41) is 10.1. The Bertz CT molecular complexity index is 268. The zero-order valence-electron chi connectivity index (χ0n) is 5.43. The van der Waals surface area contributed by atoms with E-state index in [-0.39, 0.29) is 5.70 Å². The van der Waals surface area contributed by atoms with Crippen molar-refractivity contribution in [2.45, 2.75) is 6.04 Å². The molecule has 1 aliphatic heterocycles. The van der Waals surface area contributed by atoms with Crippen LogP contribution in [0.25, 0.3) is 0 Å². The van der Waals surface area contributed by atoms with Crippen molar-refractivity contribution in [3.8, 4) is 0 Å². The van der Waals surface area contributed by atoms with E-state index >= 15 is 0 Å². The van der Waals surface area contributed by atoms with Crippen LogP contribution in [-0.4, -0.2) is 23.0 Å². The van der Waals surface area contributed by atoms with E-state index in [1.807, 2.05) is 0 Å². The third-order valence-electron chi connectivity index (χ3n) is 1.22. The third-order valence-corrected chi connectivity index (χ3v) is 1.22. The first kappa shape index (κ1) is 7.39. The summed E-state index contributed by atoms with van der Waals surface area (Å²) in [5.41, 5.74) is 4.93. The van der Waals surface area contributed by atoms with E-state index in [0.717, 1.165) is 12.4 Å². The first-order chi connectivity index (χ1) is 5.13. The van der Waals surface area contributed by atoms with Gasteiger partial charge in [0.25, 0.3) is 5.78 Å². The van der Waals surface area contributed by atoms with Gasteiger partial charge in [0.1, 0.15) is 5.70 Å². The van der Waals surface area contributed by atoms with Gasteiger partial charge in [-0.15, -0.1) is 0 Å². The second-order valence-corrected chi connectivity index (χ2v) is 1.98. The Hall–Kier alpha value is -1.72. The maximum absolute atomic E-state index is 10.8. The summed E-state index contributed by atoms with van der Waals surface area (Å²) in [7, 11) is 0. The number of carbonyl (C=O) groups excluding carboxylic acids is 1. The summed E-state index contributed by atoms with van der Waals surface area (Å²) in [6.45, 7) is 0. The van der Waals surface area contributed by atoms with Gasteiger partial charge >= 0.3 is 6.04 Å². The molecule has 58 valence electrons. The van der Waals surface area contributed by atoms with Gasteiger partial charge in [-0.05, 0) is 0 Å². The van der Waals surface area contributed by atoms with Crippen molar-refractivity contribution < 1.29 is 9.72 Å². The van der Waals surface area contributed by atoms with E-state index < -0.39 is 16.7 Å². The van der Waals surface area contributed by atoms with E-state index in [9.17, 15) is 14.9 Å². The molecule has 0 saturated carbocycles. The van der Waals surface area contributed by atoms with Crippen molar-refractivity contribution >= 4 is 12.0 Å². The van der Waals surface area contributed by atoms with Gasteiger partial charge in [0.05, 0.1) is 12.4 Å². The minimum Gasteiger partial charge on any atom is -0.394 e. The minimum absolute atomic E-state index is 0.172. The van der Waals surface area contributed by atoms with Crippen molar-refractivity contribution in [2.24, 2.45) is 10.7 Å². The van der Waals surface area contributed by atoms with E-state index in [1.54, 1.807) is 0 Å². The lowest BCUT2D eigenvalue weighted by Gasteiger charge is -2.05. The smallest absolute Gasteiger partial charge is 0.311 e. The molecular weight excluding hydrogens is 150 g/mol. The van der Waals surface area contributed by atoms with Crippen molar-refractivity contribution in [2.75, 3.05) is 0 Å². The molecule has 1 aliphatic rings. The number of nitrogens with two attached hydrogens (primary N) is 1. The molecule has 0 aromatic rings. The highest BCUT2D eigenvalue weighted by atomic mass is 16.6. The van der Waals surface area contributed by atoms with E-state index in [2.05, 4.69) is 4.99 Å². The molecular formula is C5H5N3O3. The summed E-state index contributed by atoms with van der Waals surface area (Å²) in [6.07, 6.45) is 2.06. The Morgan fingerprint density at radius 2 is 2.36 bits per heavy atom. The highest BCUT2D eigenvalue weighted by Crippen LogP contribution is 2.01. The number of hydrogen-bond acceptors (Lipinski definition) is 5. The third kappa shape index (κ3) is 1.23. The van der Waals surface area contributed by atoms with Crippen LogP contribution < -0.4 is 5.73 Å². The Kier molecular flexibility index (Phi) is 1.67. The average Bonchev–Trinajstić information content (AvgIpc) is 1.94. The average molecular weight is 155 g/mol. The molecule has 0 unspecified atom stereocenters. The summed E-state index contributed by atoms with van der Waals surface area (Å²) in [4.78, 5) is 23.7. The SMILES string of the molecule is NC1=CN=C[C@@H]([N+](=O)[O-])C1=O. The second kappa shape index (κ2) is 2.49. The van der Waals surface area contributed by atoms with Crippen LogP contribution in [0, 0.1) is 10.1 Å². The van der Waals surface area contributed by atoms with Crippen molar-refractivity contribution in [3.63, 3.8) is 0 Å². The van der Waals surface area contributed by atoms with Crippen LogP contribution in [-0.2, 0) is 4.79 Å². The number of hydrogen-bond donors (Lipinski definition) is 1. The molecule has 0 fully saturated rings. The minimum atomic E-state index is -1.40. The first-order valence-electron chi connectivity index (χ1n) is 2.79. The van der Waals surface area contributed by atoms with E-state index in [1.165, 1.54) is 0 Å². The largest absolute Gasteiger partial charge is 0.394 e. The van der Waals surface area contributed by atoms with Crippen LogP contribution in [0.3, 0.4) is 0 Å². The topological polar surface area (TPSA) is 98.6 Å². The van der Waals surface area contributed by atoms with Gasteiger partial charge in [0.2, 0.25) is 0 Å². The molecule has 0 aliphatic carbocycles. The molecule has 6 nitrogen and oxygen atoms in total. The van der Waals surface area contributed by atoms with Crippen molar-refractivity contribution in [1.82, 2.24) is 0 Å². The highest BCUT2D eigenvalue weighted by molar-refractivity contribution is 6.08. The molecule has 0 aromatic carbocycles.